The first-order valence-electron chi connectivity index (χ1n) is 5.04. The largest absolute Gasteiger partial charge is 0.478 e. The van der Waals surface area contributed by atoms with Crippen molar-refractivity contribution in [2.75, 3.05) is 10.6 Å². The Morgan fingerprint density at radius 3 is 2.65 bits per heavy atom. The molecule has 0 saturated heterocycles. The zero-order valence-electron chi connectivity index (χ0n) is 9.55. The molecule has 0 fully saturated rings. The van der Waals surface area contributed by atoms with Gasteiger partial charge < -0.3 is 5.11 Å². The Hall–Kier alpha value is -1.90. The van der Waals surface area contributed by atoms with Gasteiger partial charge in [-0.25, -0.2) is 19.6 Å². The van der Waals surface area contributed by atoms with Gasteiger partial charge in [-0.2, -0.15) is 0 Å². The summed E-state index contributed by atoms with van der Waals surface area (Å²) in [5, 5.41) is 15.4. The van der Waals surface area contributed by atoms with Crippen LogP contribution in [0.4, 0.5) is 15.6 Å². The number of nitrogens with one attached hydrogen (secondary N) is 2. The third kappa shape index (κ3) is 3.56. The Kier molecular flexibility index (Phi) is 4.38. The number of halogens is 2. The van der Waals surface area contributed by atoms with Crippen LogP contribution in [0.3, 0.4) is 0 Å². The number of carboxylic acids is 1. The molecular formula is C10H6Cl2N4O3S. The molecule has 0 unspecified atom stereocenters. The van der Waals surface area contributed by atoms with Crippen molar-refractivity contribution in [1.82, 2.24) is 9.97 Å². The predicted molar refractivity (Wildman–Crippen MR) is 76.0 cm³/mol. The molecular weight excluding hydrogens is 327 g/mol. The van der Waals surface area contributed by atoms with Crippen molar-refractivity contribution in [2.24, 2.45) is 0 Å². The molecule has 2 rings (SSSR count). The number of urea groups is 1. The third-order valence-corrected chi connectivity index (χ3v) is 3.22. The van der Waals surface area contributed by atoms with Crippen molar-refractivity contribution >= 4 is 57.4 Å². The number of aromatic carboxylic acids is 1. The fraction of sp³-hybridized carbons (Fsp3) is 0. The first-order chi connectivity index (χ1) is 9.45. The number of rotatable bonds is 3. The summed E-state index contributed by atoms with van der Waals surface area (Å²) in [5.74, 6) is -1.03. The second kappa shape index (κ2) is 6.04. The van der Waals surface area contributed by atoms with Crippen LogP contribution in [0.25, 0.3) is 0 Å². The lowest BCUT2D eigenvalue weighted by molar-refractivity contribution is 0.0698. The summed E-state index contributed by atoms with van der Waals surface area (Å²) < 4.78 is 0. The van der Waals surface area contributed by atoms with Crippen molar-refractivity contribution in [1.29, 1.82) is 0 Å². The van der Waals surface area contributed by atoms with E-state index in [1.165, 1.54) is 12.1 Å². The molecule has 2 aromatic rings. The normalized spacial score (nSPS) is 10.1. The van der Waals surface area contributed by atoms with Crippen LogP contribution < -0.4 is 10.6 Å². The quantitative estimate of drug-likeness (QED) is 0.591. The number of nitrogens with zero attached hydrogens (tertiary/aromatic N) is 2. The van der Waals surface area contributed by atoms with Gasteiger partial charge in [0.05, 0.1) is 5.56 Å². The molecule has 0 aliphatic heterocycles. The van der Waals surface area contributed by atoms with Crippen molar-refractivity contribution in [3.63, 3.8) is 0 Å². The van der Waals surface area contributed by atoms with E-state index in [0.29, 0.717) is 0 Å². The van der Waals surface area contributed by atoms with Crippen LogP contribution in [-0.2, 0) is 0 Å². The van der Waals surface area contributed by atoms with Gasteiger partial charge in [0.25, 0.3) is 0 Å². The standard InChI is InChI=1S/C10H6Cl2N4O3S/c11-5-3-6(14-9(12)13-5)15-10(19)16-7-4(8(17)18)1-2-20-7/h1-3H,(H,17,18)(H2,13,14,15,16,19). The van der Waals surface area contributed by atoms with Crippen LogP contribution in [0.1, 0.15) is 10.4 Å². The molecule has 104 valence electrons. The maximum absolute atomic E-state index is 11.7. The van der Waals surface area contributed by atoms with Gasteiger partial charge in [0.1, 0.15) is 16.0 Å². The Balaban J connectivity index is 2.09. The number of carboxylic acid groups (broad SMARTS) is 1. The summed E-state index contributed by atoms with van der Waals surface area (Å²) in [6, 6.07) is 2.03. The van der Waals surface area contributed by atoms with E-state index < -0.39 is 12.0 Å². The van der Waals surface area contributed by atoms with Gasteiger partial charge in [-0.3, -0.25) is 10.6 Å². The molecule has 20 heavy (non-hydrogen) atoms. The molecule has 0 aromatic carbocycles. The van der Waals surface area contributed by atoms with Crippen molar-refractivity contribution in [3.05, 3.63) is 33.5 Å². The molecule has 2 aromatic heterocycles. The van der Waals surface area contributed by atoms with Gasteiger partial charge in [0, 0.05) is 6.07 Å². The van der Waals surface area contributed by atoms with Crippen LogP contribution in [0.15, 0.2) is 17.5 Å². The molecule has 0 aliphatic carbocycles. The minimum atomic E-state index is -1.13. The topological polar surface area (TPSA) is 104 Å². The van der Waals surface area contributed by atoms with Gasteiger partial charge in [-0.1, -0.05) is 11.6 Å². The van der Waals surface area contributed by atoms with Crippen LogP contribution in [-0.4, -0.2) is 27.1 Å². The lowest BCUT2D eigenvalue weighted by Gasteiger charge is -2.06. The van der Waals surface area contributed by atoms with Gasteiger partial charge in [0.2, 0.25) is 5.28 Å². The number of amides is 2. The number of hydrogen-bond donors (Lipinski definition) is 3. The van der Waals surface area contributed by atoms with Crippen LogP contribution in [0.2, 0.25) is 10.4 Å². The first-order valence-corrected chi connectivity index (χ1v) is 6.68. The maximum atomic E-state index is 11.7. The van der Waals surface area contributed by atoms with Crippen LogP contribution >= 0.6 is 34.5 Å². The Labute approximate surface area is 126 Å². The minimum absolute atomic E-state index is 0.00361. The summed E-state index contributed by atoms with van der Waals surface area (Å²) in [6.07, 6.45) is 0. The van der Waals surface area contributed by atoms with E-state index in [1.807, 2.05) is 0 Å². The van der Waals surface area contributed by atoms with Crippen molar-refractivity contribution in [2.45, 2.75) is 0 Å². The highest BCUT2D eigenvalue weighted by Gasteiger charge is 2.14. The molecule has 7 nitrogen and oxygen atoms in total. The first kappa shape index (κ1) is 14.5. The summed E-state index contributed by atoms with van der Waals surface area (Å²) >= 11 is 12.3. The summed E-state index contributed by atoms with van der Waals surface area (Å²) in [4.78, 5) is 30.0. The SMILES string of the molecule is O=C(Nc1cc(Cl)nc(Cl)n1)Nc1sccc1C(=O)O. The Bertz CT molecular complexity index is 656. The van der Waals surface area contributed by atoms with E-state index in [-0.39, 0.29) is 26.8 Å². The minimum Gasteiger partial charge on any atom is -0.478 e. The zero-order chi connectivity index (χ0) is 14.7. The Morgan fingerprint density at radius 2 is 2.00 bits per heavy atom. The number of carbonyl (C=O) groups is 2. The fourth-order valence-electron chi connectivity index (χ4n) is 1.28. The second-order valence-corrected chi connectivity index (χ2v) is 5.03. The zero-order valence-corrected chi connectivity index (χ0v) is 11.9. The lowest BCUT2D eigenvalue weighted by Crippen LogP contribution is -2.20. The monoisotopic (exact) mass is 332 g/mol. The molecule has 0 radical (unpaired) electrons. The molecule has 0 spiro atoms. The van der Waals surface area contributed by atoms with E-state index in [1.54, 1.807) is 5.38 Å². The highest BCUT2D eigenvalue weighted by Crippen LogP contribution is 2.23. The van der Waals surface area contributed by atoms with E-state index >= 15 is 0 Å². The van der Waals surface area contributed by atoms with E-state index in [4.69, 9.17) is 28.3 Å². The van der Waals surface area contributed by atoms with Gasteiger partial charge >= 0.3 is 12.0 Å². The van der Waals surface area contributed by atoms with E-state index in [0.717, 1.165) is 11.3 Å². The van der Waals surface area contributed by atoms with E-state index in [2.05, 4.69) is 20.6 Å². The molecule has 0 saturated carbocycles. The fourth-order valence-corrected chi connectivity index (χ4v) is 2.46. The number of hydrogen-bond acceptors (Lipinski definition) is 5. The summed E-state index contributed by atoms with van der Waals surface area (Å²) in [5.41, 5.74) is 0.00361. The number of thiophene rings is 1. The van der Waals surface area contributed by atoms with Crippen LogP contribution in [0, 0.1) is 0 Å². The highest BCUT2D eigenvalue weighted by molar-refractivity contribution is 7.14. The molecule has 0 aliphatic rings. The lowest BCUT2D eigenvalue weighted by atomic mass is 10.3. The summed E-state index contributed by atoms with van der Waals surface area (Å²) in [6.45, 7) is 0. The maximum Gasteiger partial charge on any atom is 0.338 e. The van der Waals surface area contributed by atoms with Gasteiger partial charge in [0.15, 0.2) is 0 Å². The average molecular weight is 333 g/mol. The molecule has 10 heteroatoms. The Morgan fingerprint density at radius 1 is 1.25 bits per heavy atom. The number of aromatic nitrogens is 2. The van der Waals surface area contributed by atoms with E-state index in [9.17, 15) is 9.59 Å². The second-order valence-electron chi connectivity index (χ2n) is 3.39. The van der Waals surface area contributed by atoms with Crippen molar-refractivity contribution < 1.29 is 14.7 Å². The predicted octanol–water partition coefficient (Wildman–Crippen LogP) is 3.19. The smallest absolute Gasteiger partial charge is 0.338 e. The molecule has 2 amide bonds. The summed E-state index contributed by atoms with van der Waals surface area (Å²) in [7, 11) is 0. The number of anilines is 2. The highest BCUT2D eigenvalue weighted by atomic mass is 35.5. The number of carbonyl (C=O) groups excluding carboxylic acids is 1. The molecule has 3 N–H and O–H groups in total. The van der Waals surface area contributed by atoms with Crippen LogP contribution in [0.5, 0.6) is 0 Å². The molecule has 2 heterocycles. The van der Waals surface area contributed by atoms with Gasteiger partial charge in [-0.15, -0.1) is 11.3 Å². The average Bonchev–Trinajstić information content (AvgIpc) is 2.75. The molecule has 0 bridgehead atoms. The molecule has 0 atom stereocenters. The van der Waals surface area contributed by atoms with Crippen molar-refractivity contribution in [3.8, 4) is 0 Å². The van der Waals surface area contributed by atoms with Gasteiger partial charge in [-0.05, 0) is 23.0 Å². The third-order valence-electron chi connectivity index (χ3n) is 2.03.